The van der Waals surface area contributed by atoms with E-state index in [1.165, 1.54) is 48.6 Å². The monoisotopic (exact) mass is 1290 g/mol. The van der Waals surface area contributed by atoms with Crippen LogP contribution < -0.4 is 46.7 Å². The molecule has 88 heavy (non-hydrogen) atoms. The van der Waals surface area contributed by atoms with Crippen LogP contribution in [0.15, 0.2) is 203 Å². The highest BCUT2D eigenvalue weighted by Crippen LogP contribution is 2.26. The first-order valence-electron chi connectivity index (χ1n) is 26.7. The Morgan fingerprint density at radius 3 is 1.07 bits per heavy atom. The second-order valence-electron chi connectivity index (χ2n) is 18.8. The summed E-state index contributed by atoms with van der Waals surface area (Å²) in [5.74, 6) is -1.09. The van der Waals surface area contributed by atoms with Gasteiger partial charge < -0.3 is 42.0 Å². The Kier molecular flexibility index (Phi) is 31.5. The molecule has 0 saturated heterocycles. The smallest absolute Gasteiger partial charge is 0.261 e. The fourth-order valence-corrected chi connectivity index (χ4v) is 9.62. The van der Waals surface area contributed by atoms with Crippen molar-refractivity contribution in [2.45, 2.75) is 28.5 Å². The maximum absolute atomic E-state index is 12.5. The molecule has 7 rings (SSSR count). The standard InChI is InChI=1S/C25H30N6O6S.C16H21N5O2S.C14H14ClN3O2S.C2H8N2.CH4/c1-30(2)21-7-3-19(4-8-21)28-29-20-5-9-22(10-6-20)38(35,36)27-15-14-26-23(32)13-17-37-18-16-31-24(33)11-12-25(31)34;1-21(2)15-7-3-13(4-8-15)19-20-14-5-9-16(10-6-14)24(22,23)18-12-11-17;1-18(2)13-7-3-11(4-8-13)16-17-12-5-9-14(10-6-12)21(15,19)20;3-1-2-4;/h3-12,27H,13-18H2,1-2H3,(H,26,32);3-10,18H,11-12,17H2,1-2H3;3-10H,1-2H3;1-4H2;1H4. The fraction of sp³-hybridized carbons (Fsp3) is 0.293. The Morgan fingerprint density at radius 2 is 0.773 bits per heavy atom. The molecule has 26 nitrogen and oxygen atoms in total. The minimum atomic E-state index is -3.76. The summed E-state index contributed by atoms with van der Waals surface area (Å²) >= 11 is 0. The number of hydrogen-bond acceptors (Lipinski definition) is 22. The van der Waals surface area contributed by atoms with Crippen LogP contribution in [-0.4, -0.2) is 149 Å². The lowest BCUT2D eigenvalue weighted by molar-refractivity contribution is -0.138. The van der Waals surface area contributed by atoms with Gasteiger partial charge in [-0.1, -0.05) is 7.43 Å². The van der Waals surface area contributed by atoms with Crippen LogP contribution in [0.4, 0.5) is 51.2 Å². The van der Waals surface area contributed by atoms with Crippen LogP contribution in [0.2, 0.25) is 0 Å². The van der Waals surface area contributed by atoms with Crippen molar-refractivity contribution in [1.29, 1.82) is 0 Å². The average molecular weight is 1290 g/mol. The maximum atomic E-state index is 12.5. The number of nitrogens with zero attached hydrogens (tertiary/aromatic N) is 10. The number of benzene rings is 6. The summed E-state index contributed by atoms with van der Waals surface area (Å²) in [6.45, 7) is 2.08. The molecule has 0 spiro atoms. The Bertz CT molecular complexity index is 3580. The highest BCUT2D eigenvalue weighted by Gasteiger charge is 2.22. The minimum Gasteiger partial charge on any atom is -0.379 e. The summed E-state index contributed by atoms with van der Waals surface area (Å²) in [6, 6.07) is 40.8. The summed E-state index contributed by atoms with van der Waals surface area (Å²) in [4.78, 5) is 42.0. The maximum Gasteiger partial charge on any atom is 0.261 e. The van der Waals surface area contributed by atoms with E-state index in [1.54, 1.807) is 36.4 Å². The van der Waals surface area contributed by atoms with Crippen molar-refractivity contribution in [1.82, 2.24) is 19.7 Å². The van der Waals surface area contributed by atoms with Gasteiger partial charge in [0.2, 0.25) is 26.0 Å². The molecule has 1 aliphatic rings. The van der Waals surface area contributed by atoms with Crippen LogP contribution in [0.1, 0.15) is 13.8 Å². The van der Waals surface area contributed by atoms with Gasteiger partial charge in [0.1, 0.15) is 0 Å². The number of sulfonamides is 2. The third-order valence-corrected chi connectivity index (χ3v) is 15.9. The molecule has 1 heterocycles. The number of carbonyl (C=O) groups excluding carboxylic acids is 3. The number of carbonyl (C=O) groups is 3. The van der Waals surface area contributed by atoms with Gasteiger partial charge in [-0.2, -0.15) is 30.7 Å². The lowest BCUT2D eigenvalue weighted by Gasteiger charge is -2.13. The van der Waals surface area contributed by atoms with E-state index in [0.717, 1.165) is 33.3 Å². The van der Waals surface area contributed by atoms with Gasteiger partial charge in [0.05, 0.1) is 68.6 Å². The van der Waals surface area contributed by atoms with Crippen LogP contribution in [0.5, 0.6) is 0 Å². The largest absolute Gasteiger partial charge is 0.379 e. The van der Waals surface area contributed by atoms with Crippen LogP contribution in [-0.2, 0) is 48.2 Å². The molecule has 0 aromatic heterocycles. The number of nitrogens with two attached hydrogens (primary N) is 3. The average Bonchev–Trinajstić information content (AvgIpc) is 3.93. The summed E-state index contributed by atoms with van der Waals surface area (Å²) in [5, 5.41) is 27.3. The first-order valence-corrected chi connectivity index (χ1v) is 31.9. The van der Waals surface area contributed by atoms with Gasteiger partial charge in [-0.25, -0.2) is 34.7 Å². The van der Waals surface area contributed by atoms with Crippen molar-refractivity contribution < 1.29 is 44.4 Å². The Balaban J connectivity index is 0.000000350. The number of nitrogens with one attached hydrogen (secondary N) is 3. The SMILES string of the molecule is C.CN(C)c1ccc(N=Nc2ccc(S(=O)(=O)Cl)cc2)cc1.CN(C)c1ccc(N=Nc2ccc(S(=O)(=O)NCCN)cc2)cc1.CN(C)c1ccc(N=Nc2ccc(S(=O)(=O)NCCNC(=O)CCOCCN3C(=O)C=CC3=O)cc2)cc1.NCCN. The highest BCUT2D eigenvalue weighted by atomic mass is 35.7. The zero-order valence-electron chi connectivity index (χ0n) is 49.0. The van der Waals surface area contributed by atoms with Crippen LogP contribution in [0, 0.1) is 0 Å². The fourth-order valence-electron chi connectivity index (χ4n) is 6.77. The second kappa shape index (κ2) is 37.5. The van der Waals surface area contributed by atoms with Crippen molar-refractivity contribution in [3.05, 3.63) is 158 Å². The normalized spacial score (nSPS) is 12.2. The van der Waals surface area contributed by atoms with Gasteiger partial charge in [0.25, 0.3) is 20.9 Å². The number of anilines is 3. The van der Waals surface area contributed by atoms with Gasteiger partial charge >= 0.3 is 0 Å². The molecule has 0 aliphatic carbocycles. The van der Waals surface area contributed by atoms with Crippen molar-refractivity contribution in [2.75, 3.05) is 116 Å². The molecule has 0 radical (unpaired) electrons. The summed E-state index contributed by atoms with van der Waals surface area (Å²) < 4.78 is 81.2. The first kappa shape index (κ1) is 74.0. The van der Waals surface area contributed by atoms with Gasteiger partial charge in [-0.3, -0.25) is 19.3 Å². The molecule has 0 bridgehead atoms. The lowest BCUT2D eigenvalue weighted by atomic mass is 10.3. The number of ether oxygens (including phenoxy) is 1. The quantitative estimate of drug-likeness (QED) is 0.0130. The molecular formula is C58H77ClN16O10S3. The van der Waals surface area contributed by atoms with E-state index in [-0.39, 0.29) is 92.2 Å². The Morgan fingerprint density at radius 1 is 0.466 bits per heavy atom. The van der Waals surface area contributed by atoms with Crippen LogP contribution in [0.25, 0.3) is 0 Å². The summed E-state index contributed by atoms with van der Waals surface area (Å²) in [5.41, 5.74) is 22.0. The molecular weight excluding hydrogens is 1210 g/mol. The van der Waals surface area contributed by atoms with Crippen LogP contribution >= 0.6 is 10.7 Å². The highest BCUT2D eigenvalue weighted by molar-refractivity contribution is 8.13. The molecule has 3 amide bonds. The van der Waals surface area contributed by atoms with Crippen molar-refractivity contribution >= 4 is 109 Å². The first-order chi connectivity index (χ1) is 41.3. The van der Waals surface area contributed by atoms with Gasteiger partial charge in [-0.05, 0) is 146 Å². The molecule has 30 heteroatoms. The Hall–Kier alpha value is -8.23. The van der Waals surface area contributed by atoms with E-state index >= 15 is 0 Å². The van der Waals surface area contributed by atoms with E-state index in [2.05, 4.69) is 45.4 Å². The van der Waals surface area contributed by atoms with Crippen molar-refractivity contribution in [3.63, 3.8) is 0 Å². The number of imide groups is 1. The van der Waals surface area contributed by atoms with Gasteiger partial charge in [-0.15, -0.1) is 0 Å². The molecule has 474 valence electrons. The molecule has 0 fully saturated rings. The lowest BCUT2D eigenvalue weighted by Crippen LogP contribution is -2.35. The molecule has 0 atom stereocenters. The van der Waals surface area contributed by atoms with E-state index in [9.17, 15) is 39.6 Å². The summed E-state index contributed by atoms with van der Waals surface area (Å²) in [6.07, 6.45) is 2.44. The molecule has 1 aliphatic heterocycles. The molecule has 0 saturated carbocycles. The van der Waals surface area contributed by atoms with E-state index in [1.807, 2.05) is 130 Å². The number of amides is 3. The number of hydrogen-bond donors (Lipinski definition) is 6. The second-order valence-corrected chi connectivity index (χ2v) is 24.9. The van der Waals surface area contributed by atoms with Crippen molar-refractivity contribution in [3.8, 4) is 0 Å². The molecule has 6 aromatic rings. The third-order valence-electron chi connectivity index (χ3n) is 11.5. The zero-order valence-corrected chi connectivity index (χ0v) is 52.2. The van der Waals surface area contributed by atoms with E-state index in [4.69, 9.17) is 32.6 Å². The van der Waals surface area contributed by atoms with E-state index in [0.29, 0.717) is 35.8 Å². The minimum absolute atomic E-state index is 0. The predicted octanol–water partition coefficient (Wildman–Crippen LogP) is 7.93. The predicted molar refractivity (Wildman–Crippen MR) is 346 cm³/mol. The number of halogens is 1. The third kappa shape index (κ3) is 26.4. The number of rotatable bonds is 26. The molecule has 6 aromatic carbocycles. The van der Waals surface area contributed by atoms with Crippen molar-refractivity contribution in [2.24, 2.45) is 47.9 Å². The topological polar surface area (TPSA) is 364 Å². The van der Waals surface area contributed by atoms with E-state index < -0.39 is 29.1 Å². The zero-order chi connectivity index (χ0) is 64.0. The Labute approximate surface area is 520 Å². The molecule has 0 unspecified atom stereocenters. The summed E-state index contributed by atoms with van der Waals surface area (Å²) in [7, 11) is 5.99. The molecule has 9 N–H and O–H groups in total. The van der Waals surface area contributed by atoms with Gasteiger partial charge in [0.15, 0.2) is 0 Å². The number of azo groups is 3. The van der Waals surface area contributed by atoms with Gasteiger partial charge in [0, 0.05) is 128 Å². The van der Waals surface area contributed by atoms with Crippen LogP contribution in [0.3, 0.4) is 0 Å².